The van der Waals surface area contributed by atoms with Gasteiger partial charge in [0.1, 0.15) is 17.4 Å². The highest BCUT2D eigenvalue weighted by atomic mass is 16.6. The predicted molar refractivity (Wildman–Crippen MR) is 119 cm³/mol. The number of likely N-dealkylation sites (N-methyl/N-ethyl adjacent to an activating group) is 1. The van der Waals surface area contributed by atoms with Gasteiger partial charge in [-0.05, 0) is 64.4 Å². The van der Waals surface area contributed by atoms with Gasteiger partial charge in [0.05, 0.1) is 6.61 Å². The average molecular weight is 413 g/mol. The van der Waals surface area contributed by atoms with Crippen LogP contribution in [0.5, 0.6) is 5.75 Å². The number of anilines is 1. The molecule has 0 aliphatic carbocycles. The third-order valence-electron chi connectivity index (χ3n) is 4.31. The Morgan fingerprint density at radius 1 is 1.00 bits per heavy atom. The maximum absolute atomic E-state index is 13.4. The summed E-state index contributed by atoms with van der Waals surface area (Å²) in [5.41, 5.74) is 1.05. The Balaban J connectivity index is 2.24. The normalized spacial score (nSPS) is 12.0. The number of carbonyl (C=O) groups is 2. The van der Waals surface area contributed by atoms with Gasteiger partial charge in [-0.3, -0.25) is 4.79 Å². The molecule has 0 aliphatic heterocycles. The van der Waals surface area contributed by atoms with Crippen LogP contribution in [0.4, 0.5) is 10.5 Å². The first-order valence-electron chi connectivity index (χ1n) is 10.3. The summed E-state index contributed by atoms with van der Waals surface area (Å²) < 4.78 is 10.9. The molecule has 2 rings (SSSR count). The van der Waals surface area contributed by atoms with Gasteiger partial charge in [0.2, 0.25) is 5.91 Å². The van der Waals surface area contributed by atoms with Crippen molar-refractivity contribution < 1.29 is 19.1 Å². The largest absolute Gasteiger partial charge is 0.494 e. The second-order valence-corrected chi connectivity index (χ2v) is 7.90. The Labute approximate surface area is 179 Å². The minimum atomic E-state index is -0.756. The van der Waals surface area contributed by atoms with Gasteiger partial charge in [-0.15, -0.1) is 0 Å². The lowest BCUT2D eigenvalue weighted by Crippen LogP contribution is -2.51. The monoisotopic (exact) mass is 412 g/mol. The maximum Gasteiger partial charge on any atom is 0.408 e. The van der Waals surface area contributed by atoms with Crippen molar-refractivity contribution in [3.8, 4) is 5.75 Å². The lowest BCUT2D eigenvalue weighted by molar-refractivity contribution is -0.120. The molecule has 0 unspecified atom stereocenters. The summed E-state index contributed by atoms with van der Waals surface area (Å²) >= 11 is 0. The van der Waals surface area contributed by atoms with Gasteiger partial charge in [0.25, 0.3) is 0 Å². The Bertz CT molecular complexity index is 813. The first kappa shape index (κ1) is 23.3. The second-order valence-electron chi connectivity index (χ2n) is 7.90. The van der Waals surface area contributed by atoms with Crippen LogP contribution < -0.4 is 15.0 Å². The van der Waals surface area contributed by atoms with E-state index in [9.17, 15) is 9.59 Å². The molecule has 0 radical (unpaired) electrons. The summed E-state index contributed by atoms with van der Waals surface area (Å²) in [4.78, 5) is 27.5. The van der Waals surface area contributed by atoms with Crippen molar-refractivity contribution in [2.45, 2.75) is 52.7 Å². The molecule has 2 aromatic carbocycles. The van der Waals surface area contributed by atoms with E-state index in [1.165, 1.54) is 0 Å². The van der Waals surface area contributed by atoms with Crippen molar-refractivity contribution in [2.24, 2.45) is 0 Å². The summed E-state index contributed by atoms with van der Waals surface area (Å²) in [5.74, 6) is 0.550. The van der Waals surface area contributed by atoms with Gasteiger partial charge in [-0.2, -0.15) is 0 Å². The third kappa shape index (κ3) is 7.10. The standard InChI is InChI=1S/C24H32N2O4/c1-6-26(19-13-15-20(16-14-19)29-7-2)22(27)21(17-18-11-9-8-10-12-18)25-23(28)30-24(3,4)5/h8-16,21H,6-7,17H2,1-5H3,(H,25,28)/t21-/m0/s1. The van der Waals surface area contributed by atoms with E-state index >= 15 is 0 Å². The molecule has 1 N–H and O–H groups in total. The summed E-state index contributed by atoms with van der Waals surface area (Å²) in [7, 11) is 0. The molecule has 0 spiro atoms. The minimum Gasteiger partial charge on any atom is -0.494 e. The zero-order valence-corrected chi connectivity index (χ0v) is 18.5. The van der Waals surface area contributed by atoms with Crippen LogP contribution in [0.2, 0.25) is 0 Å². The van der Waals surface area contributed by atoms with Crippen LogP contribution in [-0.4, -0.2) is 36.8 Å². The number of nitrogens with one attached hydrogen (secondary N) is 1. The van der Waals surface area contributed by atoms with Gasteiger partial charge in [-0.25, -0.2) is 4.79 Å². The average Bonchev–Trinajstić information content (AvgIpc) is 2.69. The first-order chi connectivity index (χ1) is 14.2. The molecule has 6 heteroatoms. The molecule has 0 saturated heterocycles. The number of nitrogens with zero attached hydrogens (tertiary/aromatic N) is 1. The zero-order valence-electron chi connectivity index (χ0n) is 18.5. The summed E-state index contributed by atoms with van der Waals surface area (Å²) in [6.07, 6.45) is -0.244. The van der Waals surface area contributed by atoms with E-state index in [0.717, 1.165) is 17.0 Å². The third-order valence-corrected chi connectivity index (χ3v) is 4.31. The molecular formula is C24H32N2O4. The van der Waals surface area contributed by atoms with Crippen LogP contribution in [0.3, 0.4) is 0 Å². The van der Waals surface area contributed by atoms with Crippen LogP contribution in [0.1, 0.15) is 40.2 Å². The maximum atomic E-state index is 13.4. The first-order valence-corrected chi connectivity index (χ1v) is 10.3. The van der Waals surface area contributed by atoms with E-state index in [0.29, 0.717) is 19.6 Å². The van der Waals surface area contributed by atoms with Crippen molar-refractivity contribution in [2.75, 3.05) is 18.1 Å². The number of ether oxygens (including phenoxy) is 2. The molecule has 0 aliphatic rings. The predicted octanol–water partition coefficient (Wildman–Crippen LogP) is 4.57. The number of benzene rings is 2. The molecule has 2 amide bonds. The van der Waals surface area contributed by atoms with E-state index in [4.69, 9.17) is 9.47 Å². The number of hydrogen-bond donors (Lipinski definition) is 1. The minimum absolute atomic E-state index is 0.198. The number of hydrogen-bond acceptors (Lipinski definition) is 4. The quantitative estimate of drug-likeness (QED) is 0.689. The molecule has 0 aromatic heterocycles. The highest BCUT2D eigenvalue weighted by Gasteiger charge is 2.28. The van der Waals surface area contributed by atoms with Crippen LogP contribution in [0.15, 0.2) is 54.6 Å². The molecule has 162 valence electrons. The fourth-order valence-corrected chi connectivity index (χ4v) is 3.04. The molecular weight excluding hydrogens is 380 g/mol. The molecule has 6 nitrogen and oxygen atoms in total. The Hall–Kier alpha value is -3.02. The fourth-order valence-electron chi connectivity index (χ4n) is 3.04. The Morgan fingerprint density at radius 3 is 2.17 bits per heavy atom. The number of amides is 2. The molecule has 0 saturated carbocycles. The SMILES string of the molecule is CCOc1ccc(N(CC)C(=O)[C@H](Cc2ccccc2)NC(=O)OC(C)(C)C)cc1. The van der Waals surface area contributed by atoms with Crippen LogP contribution in [0.25, 0.3) is 0 Å². The van der Waals surface area contributed by atoms with Gasteiger partial charge < -0.3 is 19.7 Å². The molecule has 2 aromatic rings. The van der Waals surface area contributed by atoms with E-state index in [1.807, 2.05) is 68.4 Å². The van der Waals surface area contributed by atoms with Gasteiger partial charge >= 0.3 is 6.09 Å². The summed E-state index contributed by atoms with van der Waals surface area (Å²) in [6, 6.07) is 16.2. The summed E-state index contributed by atoms with van der Waals surface area (Å²) in [6.45, 7) is 10.2. The van der Waals surface area contributed by atoms with E-state index in [-0.39, 0.29) is 5.91 Å². The Kier molecular flexibility index (Phi) is 8.27. The molecule has 0 bridgehead atoms. The van der Waals surface area contributed by atoms with Crippen molar-refractivity contribution in [3.05, 3.63) is 60.2 Å². The number of alkyl carbamates (subject to hydrolysis) is 1. The van der Waals surface area contributed by atoms with E-state index in [2.05, 4.69) is 5.32 Å². The molecule has 1 atom stereocenters. The molecule has 0 fully saturated rings. The van der Waals surface area contributed by atoms with Crippen molar-refractivity contribution in [1.29, 1.82) is 0 Å². The van der Waals surface area contributed by atoms with Crippen LogP contribution >= 0.6 is 0 Å². The smallest absolute Gasteiger partial charge is 0.408 e. The van der Waals surface area contributed by atoms with Gasteiger partial charge in [0.15, 0.2) is 0 Å². The van der Waals surface area contributed by atoms with Crippen molar-refractivity contribution in [1.82, 2.24) is 5.32 Å². The molecule has 30 heavy (non-hydrogen) atoms. The number of carbonyl (C=O) groups excluding carboxylic acids is 2. The summed E-state index contributed by atoms with van der Waals surface area (Å²) in [5, 5.41) is 2.76. The highest BCUT2D eigenvalue weighted by Crippen LogP contribution is 2.21. The van der Waals surface area contributed by atoms with E-state index in [1.54, 1.807) is 25.7 Å². The lowest BCUT2D eigenvalue weighted by atomic mass is 10.0. The van der Waals surface area contributed by atoms with Crippen LogP contribution in [0, 0.1) is 0 Å². The fraction of sp³-hybridized carbons (Fsp3) is 0.417. The van der Waals surface area contributed by atoms with E-state index < -0.39 is 17.7 Å². The Morgan fingerprint density at radius 2 is 1.63 bits per heavy atom. The topological polar surface area (TPSA) is 67.9 Å². The second kappa shape index (κ2) is 10.7. The zero-order chi connectivity index (χ0) is 22.1. The van der Waals surface area contributed by atoms with Gasteiger partial charge in [0, 0.05) is 18.7 Å². The number of rotatable bonds is 8. The lowest BCUT2D eigenvalue weighted by Gasteiger charge is -2.28. The van der Waals surface area contributed by atoms with Crippen molar-refractivity contribution >= 4 is 17.7 Å². The molecule has 0 heterocycles. The highest BCUT2D eigenvalue weighted by molar-refractivity contribution is 5.98. The van der Waals surface area contributed by atoms with Crippen LogP contribution in [-0.2, 0) is 16.0 Å². The van der Waals surface area contributed by atoms with Gasteiger partial charge in [-0.1, -0.05) is 30.3 Å². The van der Waals surface area contributed by atoms with Crippen molar-refractivity contribution in [3.63, 3.8) is 0 Å².